The topological polar surface area (TPSA) is 77.8 Å². The molecule has 1 aliphatic heterocycles. The third kappa shape index (κ3) is 2.63. The molecule has 7 heteroatoms. The second kappa shape index (κ2) is 5.38. The van der Waals surface area contributed by atoms with Crippen molar-refractivity contribution in [2.45, 2.75) is 6.29 Å². The molecule has 2 heterocycles. The standard InChI is InChI=1S/C11H11NO5S/c1-15-10(16-2)8-4-3-6(17-8)5-7-9(13)18-11(14)12-7/h3-5,10H,1-2H3,(H,12,14). The highest BCUT2D eigenvalue weighted by Crippen LogP contribution is 2.24. The maximum Gasteiger partial charge on any atom is 0.291 e. The maximum absolute atomic E-state index is 11.4. The predicted octanol–water partition coefficient (Wildman–Crippen LogP) is 1.89. The lowest BCUT2D eigenvalue weighted by molar-refractivity contribution is -0.117. The molecule has 1 aliphatic rings. The van der Waals surface area contributed by atoms with E-state index in [0.717, 1.165) is 0 Å². The fraction of sp³-hybridized carbons (Fsp3) is 0.273. The number of furan rings is 1. The van der Waals surface area contributed by atoms with Gasteiger partial charge in [-0.2, -0.15) is 0 Å². The summed E-state index contributed by atoms with van der Waals surface area (Å²) in [4.78, 5) is 22.3. The Bertz CT molecular complexity index is 503. The van der Waals surface area contributed by atoms with Gasteiger partial charge in [-0.25, -0.2) is 0 Å². The van der Waals surface area contributed by atoms with Gasteiger partial charge in [0.2, 0.25) is 11.4 Å². The molecule has 1 aromatic rings. The molecule has 1 N–H and O–H groups in total. The van der Waals surface area contributed by atoms with E-state index in [9.17, 15) is 9.59 Å². The van der Waals surface area contributed by atoms with Gasteiger partial charge in [0.1, 0.15) is 11.5 Å². The van der Waals surface area contributed by atoms with Crippen LogP contribution < -0.4 is 5.32 Å². The van der Waals surface area contributed by atoms with Crippen LogP contribution in [0, 0.1) is 0 Å². The number of hydrogen-bond donors (Lipinski definition) is 1. The fourth-order valence-corrected chi connectivity index (χ4v) is 2.01. The molecule has 1 fully saturated rings. The van der Waals surface area contributed by atoms with E-state index in [1.807, 2.05) is 0 Å². The number of carbonyl (C=O) groups excluding carboxylic acids is 2. The molecule has 0 aromatic carbocycles. The number of rotatable bonds is 4. The Kier molecular flexibility index (Phi) is 3.85. The first-order valence-electron chi connectivity index (χ1n) is 5.04. The Morgan fingerprint density at radius 2 is 2.06 bits per heavy atom. The molecule has 18 heavy (non-hydrogen) atoms. The normalized spacial score (nSPS) is 17.8. The summed E-state index contributed by atoms with van der Waals surface area (Å²) in [6.07, 6.45) is 0.868. The molecule has 6 nitrogen and oxygen atoms in total. The molecule has 2 rings (SSSR count). The number of amides is 1. The second-order valence-electron chi connectivity index (χ2n) is 3.40. The van der Waals surface area contributed by atoms with Gasteiger partial charge in [-0.3, -0.25) is 9.59 Å². The van der Waals surface area contributed by atoms with Crippen LogP contribution in [-0.2, 0) is 14.3 Å². The molecule has 0 unspecified atom stereocenters. The van der Waals surface area contributed by atoms with Gasteiger partial charge in [-0.05, 0) is 12.1 Å². The van der Waals surface area contributed by atoms with Gasteiger partial charge in [0.25, 0.3) is 5.24 Å². The van der Waals surface area contributed by atoms with Crippen molar-refractivity contribution in [1.82, 2.24) is 5.32 Å². The summed E-state index contributed by atoms with van der Waals surface area (Å²) in [5, 5.41) is 1.72. The van der Waals surface area contributed by atoms with Crippen molar-refractivity contribution in [3.63, 3.8) is 0 Å². The Balaban J connectivity index is 2.18. The fourth-order valence-electron chi connectivity index (χ4n) is 1.46. The lowest BCUT2D eigenvalue weighted by Crippen LogP contribution is -2.10. The van der Waals surface area contributed by atoms with Crippen molar-refractivity contribution in [1.29, 1.82) is 0 Å². The first-order chi connectivity index (χ1) is 8.63. The average molecular weight is 269 g/mol. The Labute approximate surface area is 107 Å². The summed E-state index contributed by atoms with van der Waals surface area (Å²) < 4.78 is 15.5. The lowest BCUT2D eigenvalue weighted by Gasteiger charge is -2.09. The van der Waals surface area contributed by atoms with E-state index < -0.39 is 6.29 Å². The molecular weight excluding hydrogens is 258 g/mol. The summed E-state index contributed by atoms with van der Waals surface area (Å²) in [6.45, 7) is 0. The first kappa shape index (κ1) is 12.9. The van der Waals surface area contributed by atoms with Gasteiger partial charge in [0.15, 0.2) is 5.76 Å². The van der Waals surface area contributed by atoms with Crippen molar-refractivity contribution < 1.29 is 23.5 Å². The summed E-state index contributed by atoms with van der Waals surface area (Å²) in [5.74, 6) is 0.923. The number of ether oxygens (including phenoxy) is 2. The minimum Gasteiger partial charge on any atom is -0.456 e. The minimum absolute atomic E-state index is 0.206. The van der Waals surface area contributed by atoms with Crippen LogP contribution >= 0.6 is 11.8 Å². The molecule has 0 spiro atoms. The van der Waals surface area contributed by atoms with Crippen LogP contribution in [0.4, 0.5) is 4.79 Å². The van der Waals surface area contributed by atoms with E-state index in [1.54, 1.807) is 12.1 Å². The van der Waals surface area contributed by atoms with Crippen LogP contribution in [-0.4, -0.2) is 24.6 Å². The molecule has 0 saturated carbocycles. The highest BCUT2D eigenvalue weighted by molar-refractivity contribution is 8.27. The Hall–Kier alpha value is -1.57. The lowest BCUT2D eigenvalue weighted by atomic mass is 10.3. The number of thioether (sulfide) groups is 1. The third-order valence-corrected chi connectivity index (χ3v) is 2.93. The van der Waals surface area contributed by atoms with E-state index >= 15 is 0 Å². The smallest absolute Gasteiger partial charge is 0.291 e. The number of methoxy groups -OCH3 is 2. The highest BCUT2D eigenvalue weighted by Gasteiger charge is 2.25. The molecule has 0 aliphatic carbocycles. The van der Waals surface area contributed by atoms with Gasteiger partial charge in [0.05, 0.1) is 0 Å². The third-order valence-electron chi connectivity index (χ3n) is 2.24. The van der Waals surface area contributed by atoms with E-state index in [0.29, 0.717) is 23.3 Å². The van der Waals surface area contributed by atoms with Gasteiger partial charge in [0, 0.05) is 32.1 Å². The summed E-state index contributed by atoms with van der Waals surface area (Å²) in [6, 6.07) is 3.34. The van der Waals surface area contributed by atoms with E-state index in [-0.39, 0.29) is 16.1 Å². The zero-order valence-electron chi connectivity index (χ0n) is 9.76. The molecular formula is C11H11NO5S. The quantitative estimate of drug-likeness (QED) is 0.664. The number of hydrogen-bond acceptors (Lipinski definition) is 6. The minimum atomic E-state index is -0.597. The second-order valence-corrected chi connectivity index (χ2v) is 4.35. The SMILES string of the molecule is COC(OC)c1ccc(C=C2NC(=O)SC2=O)o1. The molecule has 1 amide bonds. The van der Waals surface area contributed by atoms with Gasteiger partial charge in [-0.15, -0.1) is 0 Å². The average Bonchev–Trinajstić information content (AvgIpc) is 2.89. The van der Waals surface area contributed by atoms with Crippen molar-refractivity contribution in [3.8, 4) is 0 Å². The Morgan fingerprint density at radius 1 is 1.33 bits per heavy atom. The van der Waals surface area contributed by atoms with Crippen LogP contribution in [0.5, 0.6) is 0 Å². The monoisotopic (exact) mass is 269 g/mol. The molecule has 1 saturated heterocycles. The zero-order valence-corrected chi connectivity index (χ0v) is 10.6. The van der Waals surface area contributed by atoms with Crippen LogP contribution in [0.2, 0.25) is 0 Å². The van der Waals surface area contributed by atoms with Crippen molar-refractivity contribution >= 4 is 28.2 Å². The van der Waals surface area contributed by atoms with E-state index in [4.69, 9.17) is 13.9 Å². The van der Waals surface area contributed by atoms with E-state index in [1.165, 1.54) is 20.3 Å². The molecule has 96 valence electrons. The number of carbonyl (C=O) groups is 2. The largest absolute Gasteiger partial charge is 0.456 e. The van der Waals surface area contributed by atoms with Gasteiger partial charge >= 0.3 is 0 Å². The molecule has 0 bridgehead atoms. The highest BCUT2D eigenvalue weighted by atomic mass is 32.2. The van der Waals surface area contributed by atoms with Crippen molar-refractivity contribution in [2.24, 2.45) is 0 Å². The first-order valence-corrected chi connectivity index (χ1v) is 5.86. The zero-order chi connectivity index (χ0) is 13.1. The Morgan fingerprint density at radius 3 is 2.61 bits per heavy atom. The van der Waals surface area contributed by atoms with Crippen LogP contribution in [0.3, 0.4) is 0 Å². The van der Waals surface area contributed by atoms with Crippen LogP contribution in [0.1, 0.15) is 17.8 Å². The van der Waals surface area contributed by atoms with Crippen LogP contribution in [0.25, 0.3) is 6.08 Å². The van der Waals surface area contributed by atoms with Crippen molar-refractivity contribution in [2.75, 3.05) is 14.2 Å². The maximum atomic E-state index is 11.4. The summed E-state index contributed by atoms with van der Waals surface area (Å²) in [5.41, 5.74) is 0.206. The van der Waals surface area contributed by atoms with E-state index in [2.05, 4.69) is 5.32 Å². The molecule has 1 aromatic heterocycles. The molecule has 0 radical (unpaired) electrons. The summed E-state index contributed by atoms with van der Waals surface area (Å²) >= 11 is 0.622. The van der Waals surface area contributed by atoms with Crippen molar-refractivity contribution in [3.05, 3.63) is 29.4 Å². The van der Waals surface area contributed by atoms with Gasteiger partial charge in [-0.1, -0.05) is 0 Å². The number of nitrogens with one attached hydrogen (secondary N) is 1. The van der Waals surface area contributed by atoms with Gasteiger partial charge < -0.3 is 19.2 Å². The molecule has 0 atom stereocenters. The van der Waals surface area contributed by atoms with Crippen LogP contribution in [0.15, 0.2) is 22.2 Å². The summed E-state index contributed by atoms with van der Waals surface area (Å²) in [7, 11) is 2.98. The predicted molar refractivity (Wildman–Crippen MR) is 64.6 cm³/mol.